The van der Waals surface area contributed by atoms with Crippen LogP contribution < -0.4 is 5.90 Å². The van der Waals surface area contributed by atoms with Crippen LogP contribution in [0, 0.1) is 12.3 Å². The highest BCUT2D eigenvalue weighted by atomic mass is 16.6. The highest BCUT2D eigenvalue weighted by molar-refractivity contribution is 5.19. The third-order valence-corrected chi connectivity index (χ3v) is 1.27. The van der Waals surface area contributed by atoms with Crippen LogP contribution in [0.2, 0.25) is 0 Å². The third-order valence-electron chi connectivity index (χ3n) is 1.27. The van der Waals surface area contributed by atoms with E-state index >= 15 is 0 Å². The van der Waals surface area contributed by atoms with Gasteiger partial charge >= 0.3 is 0 Å². The van der Waals surface area contributed by atoms with Gasteiger partial charge in [0.25, 0.3) is 0 Å². The normalized spacial score (nSPS) is 12.0. The van der Waals surface area contributed by atoms with Gasteiger partial charge in [0, 0.05) is 18.0 Å². The summed E-state index contributed by atoms with van der Waals surface area (Å²) in [5, 5.41) is 0. The van der Waals surface area contributed by atoms with Gasteiger partial charge in [-0.25, -0.2) is 5.90 Å². The monoisotopic (exact) mass is 148 g/mol. The number of nitrogens with zero attached hydrogens (tertiary/aromatic N) is 1. The first-order chi connectivity index (χ1) is 5.38. The third kappa shape index (κ3) is 1.77. The highest BCUT2D eigenvalue weighted by Gasteiger charge is 2.05. The summed E-state index contributed by atoms with van der Waals surface area (Å²) in [6, 6.07) is 3.59. The van der Waals surface area contributed by atoms with Crippen LogP contribution in [-0.2, 0) is 4.84 Å². The lowest BCUT2D eigenvalue weighted by Crippen LogP contribution is -2.06. The molecule has 2 N–H and O–H groups in total. The number of pyridine rings is 1. The van der Waals surface area contributed by atoms with E-state index in [0.29, 0.717) is 0 Å². The molecule has 3 nitrogen and oxygen atoms in total. The average molecular weight is 148 g/mol. The summed E-state index contributed by atoms with van der Waals surface area (Å²) in [5.41, 5.74) is 0.789. The molecule has 3 heteroatoms. The van der Waals surface area contributed by atoms with E-state index in [2.05, 4.69) is 15.7 Å². The number of rotatable bonds is 2. The Hall–Kier alpha value is -1.37. The molecule has 11 heavy (non-hydrogen) atoms. The Morgan fingerprint density at radius 2 is 2.55 bits per heavy atom. The van der Waals surface area contributed by atoms with Gasteiger partial charge in [-0.2, -0.15) is 0 Å². The zero-order valence-electron chi connectivity index (χ0n) is 5.90. The summed E-state index contributed by atoms with van der Waals surface area (Å²) in [6.07, 6.45) is 7.92. The number of nitrogens with two attached hydrogens (primary N) is 1. The molecule has 1 heterocycles. The molecule has 56 valence electrons. The van der Waals surface area contributed by atoms with Crippen molar-refractivity contribution in [3.8, 4) is 12.3 Å². The van der Waals surface area contributed by atoms with Gasteiger partial charge in [0.15, 0.2) is 6.10 Å². The second kappa shape index (κ2) is 3.71. The molecule has 0 saturated carbocycles. The number of aromatic nitrogens is 1. The van der Waals surface area contributed by atoms with E-state index < -0.39 is 6.10 Å². The van der Waals surface area contributed by atoms with Crippen LogP contribution in [0.25, 0.3) is 0 Å². The lowest BCUT2D eigenvalue weighted by atomic mass is 10.2. The summed E-state index contributed by atoms with van der Waals surface area (Å²) < 4.78 is 0. The molecule has 0 amide bonds. The maximum atomic E-state index is 5.13. The molecule has 1 aromatic rings. The molecule has 0 aromatic carbocycles. The molecule has 0 radical (unpaired) electrons. The molecule has 0 fully saturated rings. The van der Waals surface area contributed by atoms with Gasteiger partial charge in [0.2, 0.25) is 0 Å². The van der Waals surface area contributed by atoms with Crippen molar-refractivity contribution < 1.29 is 4.84 Å². The highest BCUT2D eigenvalue weighted by Crippen LogP contribution is 2.11. The first kappa shape index (κ1) is 7.73. The molecule has 0 aliphatic heterocycles. The van der Waals surface area contributed by atoms with Crippen LogP contribution >= 0.6 is 0 Å². The molecule has 1 aromatic heterocycles. The summed E-state index contributed by atoms with van der Waals surface area (Å²) in [6.45, 7) is 0. The van der Waals surface area contributed by atoms with Gasteiger partial charge in [-0.3, -0.25) is 9.82 Å². The largest absolute Gasteiger partial charge is 0.283 e. The summed E-state index contributed by atoms with van der Waals surface area (Å²) in [5.74, 6) is 7.33. The molecule has 1 rings (SSSR count). The smallest absolute Gasteiger partial charge is 0.165 e. The van der Waals surface area contributed by atoms with Crippen LogP contribution in [0.5, 0.6) is 0 Å². The van der Waals surface area contributed by atoms with Crippen LogP contribution in [0.4, 0.5) is 0 Å². The number of terminal acetylenes is 1. The molecule has 0 aliphatic rings. The van der Waals surface area contributed by atoms with E-state index in [4.69, 9.17) is 12.3 Å². The Morgan fingerprint density at radius 3 is 3.00 bits per heavy atom. The van der Waals surface area contributed by atoms with Gasteiger partial charge in [-0.1, -0.05) is 12.0 Å². The molecule has 0 aliphatic carbocycles. The fourth-order valence-electron chi connectivity index (χ4n) is 0.745. The van der Waals surface area contributed by atoms with E-state index in [1.165, 1.54) is 0 Å². The van der Waals surface area contributed by atoms with Crippen LogP contribution in [0.3, 0.4) is 0 Å². The van der Waals surface area contributed by atoms with E-state index in [-0.39, 0.29) is 0 Å². The summed E-state index contributed by atoms with van der Waals surface area (Å²) in [7, 11) is 0. The Kier molecular flexibility index (Phi) is 2.61. The van der Waals surface area contributed by atoms with Crippen molar-refractivity contribution in [2.24, 2.45) is 5.90 Å². The van der Waals surface area contributed by atoms with E-state index in [1.807, 2.05) is 6.07 Å². The van der Waals surface area contributed by atoms with Gasteiger partial charge in [0.1, 0.15) is 0 Å². The quantitative estimate of drug-likeness (QED) is 0.494. The minimum absolute atomic E-state index is 0.497. The average Bonchev–Trinajstić information content (AvgIpc) is 2.09. The van der Waals surface area contributed by atoms with Crippen molar-refractivity contribution in [2.45, 2.75) is 6.10 Å². The van der Waals surface area contributed by atoms with Crippen molar-refractivity contribution >= 4 is 0 Å². The lowest BCUT2D eigenvalue weighted by Gasteiger charge is -2.05. The standard InChI is InChI=1S/C8H8N2O/c1-2-8(11-9)7-4-3-5-10-6-7/h1,3-6,8H,9H2/t8-/m0/s1. The first-order valence-corrected chi connectivity index (χ1v) is 3.10. The zero-order chi connectivity index (χ0) is 8.10. The molecule has 0 bridgehead atoms. The number of hydrogen-bond acceptors (Lipinski definition) is 3. The van der Waals surface area contributed by atoms with Gasteiger partial charge in [-0.05, 0) is 6.07 Å². The van der Waals surface area contributed by atoms with E-state index in [1.54, 1.807) is 18.5 Å². The van der Waals surface area contributed by atoms with Crippen molar-refractivity contribution in [2.75, 3.05) is 0 Å². The molecule has 0 saturated heterocycles. The van der Waals surface area contributed by atoms with Gasteiger partial charge < -0.3 is 0 Å². The second-order valence-electron chi connectivity index (χ2n) is 1.97. The van der Waals surface area contributed by atoms with Crippen LogP contribution in [0.15, 0.2) is 24.5 Å². The van der Waals surface area contributed by atoms with Crippen molar-refractivity contribution in [1.29, 1.82) is 0 Å². The maximum Gasteiger partial charge on any atom is 0.165 e. The Morgan fingerprint density at radius 1 is 1.73 bits per heavy atom. The molecule has 0 spiro atoms. The molecule has 1 atom stereocenters. The first-order valence-electron chi connectivity index (χ1n) is 3.10. The fourth-order valence-corrected chi connectivity index (χ4v) is 0.745. The topological polar surface area (TPSA) is 48.1 Å². The molecule has 0 unspecified atom stereocenters. The maximum absolute atomic E-state index is 5.13. The van der Waals surface area contributed by atoms with E-state index in [9.17, 15) is 0 Å². The Bertz CT molecular complexity index is 253. The van der Waals surface area contributed by atoms with Crippen molar-refractivity contribution in [3.63, 3.8) is 0 Å². The second-order valence-corrected chi connectivity index (χ2v) is 1.97. The molecular formula is C8H8N2O. The zero-order valence-corrected chi connectivity index (χ0v) is 5.90. The summed E-state index contributed by atoms with van der Waals surface area (Å²) >= 11 is 0. The van der Waals surface area contributed by atoms with Gasteiger partial charge in [0.05, 0.1) is 0 Å². The van der Waals surface area contributed by atoms with E-state index in [0.717, 1.165) is 5.56 Å². The van der Waals surface area contributed by atoms with Crippen molar-refractivity contribution in [3.05, 3.63) is 30.1 Å². The predicted molar refractivity (Wildman–Crippen MR) is 41.1 cm³/mol. The fraction of sp³-hybridized carbons (Fsp3) is 0.125. The Balaban J connectivity index is 2.85. The number of hydrogen-bond donors (Lipinski definition) is 1. The Labute approximate surface area is 65.2 Å². The predicted octanol–water partition coefficient (Wildman–Crippen LogP) is 0.646. The lowest BCUT2D eigenvalue weighted by molar-refractivity contribution is 0.0933. The van der Waals surface area contributed by atoms with Crippen molar-refractivity contribution in [1.82, 2.24) is 4.98 Å². The minimum Gasteiger partial charge on any atom is -0.283 e. The minimum atomic E-state index is -0.497. The SMILES string of the molecule is C#C[C@H](ON)c1cccnc1. The van der Waals surface area contributed by atoms with Gasteiger partial charge in [-0.15, -0.1) is 6.42 Å². The molecular weight excluding hydrogens is 140 g/mol. The van der Waals surface area contributed by atoms with Crippen LogP contribution in [0.1, 0.15) is 11.7 Å². The summed E-state index contributed by atoms with van der Waals surface area (Å²) in [4.78, 5) is 8.38. The van der Waals surface area contributed by atoms with Crippen LogP contribution in [-0.4, -0.2) is 4.98 Å².